The number of hydrogen-bond acceptors (Lipinski definition) is 3. The third-order valence-corrected chi connectivity index (χ3v) is 3.90. The SMILES string of the molecule is CN1CCC(C(=O)C2(CO)CCC2)C1. The Morgan fingerprint density at radius 3 is 2.64 bits per heavy atom. The number of likely N-dealkylation sites (tertiary alicyclic amines) is 1. The summed E-state index contributed by atoms with van der Waals surface area (Å²) in [5.41, 5.74) is -0.337. The fourth-order valence-corrected chi connectivity index (χ4v) is 2.67. The van der Waals surface area contributed by atoms with E-state index in [2.05, 4.69) is 11.9 Å². The van der Waals surface area contributed by atoms with Crippen LogP contribution in [0, 0.1) is 11.3 Å². The van der Waals surface area contributed by atoms with E-state index in [0.29, 0.717) is 5.78 Å². The maximum Gasteiger partial charge on any atom is 0.145 e. The molecule has 0 aromatic carbocycles. The van der Waals surface area contributed by atoms with Gasteiger partial charge in [-0.3, -0.25) is 4.79 Å². The number of rotatable bonds is 3. The number of aliphatic hydroxyl groups is 1. The molecule has 0 aromatic heterocycles. The summed E-state index contributed by atoms with van der Waals surface area (Å²) in [7, 11) is 2.06. The monoisotopic (exact) mass is 197 g/mol. The smallest absolute Gasteiger partial charge is 0.145 e. The second-order valence-corrected chi connectivity index (χ2v) is 4.90. The van der Waals surface area contributed by atoms with Crippen molar-refractivity contribution in [3.63, 3.8) is 0 Å². The maximum absolute atomic E-state index is 12.1. The number of nitrogens with zero attached hydrogens (tertiary/aromatic N) is 1. The number of aliphatic hydroxyl groups excluding tert-OH is 1. The summed E-state index contributed by atoms with van der Waals surface area (Å²) in [5, 5.41) is 9.30. The molecule has 1 unspecified atom stereocenters. The zero-order valence-corrected chi connectivity index (χ0v) is 8.83. The van der Waals surface area contributed by atoms with Crippen molar-refractivity contribution in [1.82, 2.24) is 4.90 Å². The van der Waals surface area contributed by atoms with Crippen molar-refractivity contribution in [3.05, 3.63) is 0 Å². The summed E-state index contributed by atoms with van der Waals surface area (Å²) < 4.78 is 0. The quantitative estimate of drug-likeness (QED) is 0.723. The molecule has 0 aromatic rings. The first-order valence-electron chi connectivity index (χ1n) is 5.52. The van der Waals surface area contributed by atoms with Crippen molar-refractivity contribution in [2.75, 3.05) is 26.7 Å². The first-order valence-corrected chi connectivity index (χ1v) is 5.52. The van der Waals surface area contributed by atoms with Gasteiger partial charge in [0.05, 0.1) is 12.0 Å². The minimum absolute atomic E-state index is 0.0616. The lowest BCUT2D eigenvalue weighted by Gasteiger charge is -2.40. The van der Waals surface area contributed by atoms with Crippen LogP contribution in [0.2, 0.25) is 0 Å². The predicted octanol–water partition coefficient (Wildman–Crippen LogP) is 0.670. The first kappa shape index (κ1) is 10.1. The van der Waals surface area contributed by atoms with Crippen LogP contribution in [-0.2, 0) is 4.79 Å². The summed E-state index contributed by atoms with van der Waals surface area (Å²) in [5.74, 6) is 0.517. The Kier molecular flexibility index (Phi) is 2.62. The Hall–Kier alpha value is -0.410. The molecule has 2 rings (SSSR count). The highest BCUT2D eigenvalue weighted by Crippen LogP contribution is 2.44. The van der Waals surface area contributed by atoms with Crippen molar-refractivity contribution in [1.29, 1.82) is 0 Å². The molecule has 0 radical (unpaired) electrons. The number of ketones is 1. The van der Waals surface area contributed by atoms with Gasteiger partial charge in [-0.1, -0.05) is 6.42 Å². The summed E-state index contributed by atoms with van der Waals surface area (Å²) in [6, 6.07) is 0. The molecule has 1 N–H and O–H groups in total. The second kappa shape index (κ2) is 3.63. The van der Waals surface area contributed by atoms with E-state index >= 15 is 0 Å². The van der Waals surface area contributed by atoms with Gasteiger partial charge in [0.15, 0.2) is 0 Å². The highest BCUT2D eigenvalue weighted by atomic mass is 16.3. The minimum atomic E-state index is -0.337. The third-order valence-electron chi connectivity index (χ3n) is 3.90. The fourth-order valence-electron chi connectivity index (χ4n) is 2.67. The molecule has 1 heterocycles. The maximum atomic E-state index is 12.1. The Morgan fingerprint density at radius 2 is 2.29 bits per heavy atom. The lowest BCUT2D eigenvalue weighted by atomic mass is 9.64. The topological polar surface area (TPSA) is 40.5 Å². The highest BCUT2D eigenvalue weighted by molar-refractivity contribution is 5.88. The van der Waals surface area contributed by atoms with Crippen molar-refractivity contribution in [2.24, 2.45) is 11.3 Å². The van der Waals surface area contributed by atoms with Crippen LogP contribution >= 0.6 is 0 Å². The van der Waals surface area contributed by atoms with Gasteiger partial charge in [0.25, 0.3) is 0 Å². The second-order valence-electron chi connectivity index (χ2n) is 4.90. The van der Waals surface area contributed by atoms with Crippen LogP contribution in [0.1, 0.15) is 25.7 Å². The van der Waals surface area contributed by atoms with E-state index in [0.717, 1.165) is 38.8 Å². The molecule has 0 bridgehead atoms. The Labute approximate surface area is 85.1 Å². The van der Waals surface area contributed by atoms with Gasteiger partial charge >= 0.3 is 0 Å². The average molecular weight is 197 g/mol. The Morgan fingerprint density at radius 1 is 1.57 bits per heavy atom. The van der Waals surface area contributed by atoms with Crippen molar-refractivity contribution in [2.45, 2.75) is 25.7 Å². The van der Waals surface area contributed by atoms with E-state index in [1.54, 1.807) is 0 Å². The first-order chi connectivity index (χ1) is 6.68. The van der Waals surface area contributed by atoms with Crippen LogP contribution in [0.15, 0.2) is 0 Å². The summed E-state index contributed by atoms with van der Waals surface area (Å²) in [4.78, 5) is 14.3. The van der Waals surface area contributed by atoms with Gasteiger partial charge < -0.3 is 10.0 Å². The van der Waals surface area contributed by atoms with Gasteiger partial charge in [-0.05, 0) is 32.9 Å². The molecular weight excluding hydrogens is 178 g/mol. The molecule has 1 atom stereocenters. The van der Waals surface area contributed by atoms with Gasteiger partial charge in [0, 0.05) is 12.5 Å². The Balaban J connectivity index is 2.00. The number of carbonyl (C=O) groups excluding carboxylic acids is 1. The Bertz CT molecular complexity index is 230. The molecule has 3 heteroatoms. The van der Waals surface area contributed by atoms with Gasteiger partial charge in [-0.25, -0.2) is 0 Å². The molecule has 3 nitrogen and oxygen atoms in total. The average Bonchev–Trinajstić information content (AvgIpc) is 2.50. The molecule has 1 aliphatic heterocycles. The van der Waals surface area contributed by atoms with Crippen LogP contribution < -0.4 is 0 Å². The van der Waals surface area contributed by atoms with Crippen LogP contribution in [0.5, 0.6) is 0 Å². The molecule has 14 heavy (non-hydrogen) atoms. The van der Waals surface area contributed by atoms with Crippen LogP contribution in [0.3, 0.4) is 0 Å². The third kappa shape index (κ3) is 1.48. The van der Waals surface area contributed by atoms with E-state index in [1.807, 2.05) is 0 Å². The zero-order chi connectivity index (χ0) is 10.2. The number of hydrogen-bond donors (Lipinski definition) is 1. The standard InChI is InChI=1S/C11H19NO2/c1-12-6-3-9(7-12)10(14)11(8-13)4-2-5-11/h9,13H,2-8H2,1H3. The predicted molar refractivity (Wildman–Crippen MR) is 54.0 cm³/mol. The molecular formula is C11H19NO2. The van der Waals surface area contributed by atoms with E-state index in [9.17, 15) is 9.90 Å². The summed E-state index contributed by atoms with van der Waals surface area (Å²) in [6.45, 7) is 1.98. The zero-order valence-electron chi connectivity index (χ0n) is 8.83. The fraction of sp³-hybridized carbons (Fsp3) is 0.909. The largest absolute Gasteiger partial charge is 0.395 e. The molecule has 0 spiro atoms. The minimum Gasteiger partial charge on any atom is -0.395 e. The summed E-state index contributed by atoms with van der Waals surface area (Å²) >= 11 is 0. The van der Waals surface area contributed by atoms with Crippen LogP contribution in [0.4, 0.5) is 0 Å². The van der Waals surface area contributed by atoms with E-state index in [-0.39, 0.29) is 17.9 Å². The van der Waals surface area contributed by atoms with E-state index in [1.165, 1.54) is 0 Å². The molecule has 1 saturated heterocycles. The molecule has 0 amide bonds. The van der Waals surface area contributed by atoms with Gasteiger partial charge in [-0.15, -0.1) is 0 Å². The normalized spacial score (nSPS) is 31.4. The lowest BCUT2D eigenvalue weighted by molar-refractivity contribution is -0.140. The van der Waals surface area contributed by atoms with Crippen molar-refractivity contribution < 1.29 is 9.90 Å². The van der Waals surface area contributed by atoms with Crippen LogP contribution in [-0.4, -0.2) is 42.5 Å². The van der Waals surface area contributed by atoms with Crippen molar-refractivity contribution >= 4 is 5.78 Å². The molecule has 2 aliphatic rings. The van der Waals surface area contributed by atoms with Gasteiger partial charge in [0.1, 0.15) is 5.78 Å². The van der Waals surface area contributed by atoms with Gasteiger partial charge in [-0.2, -0.15) is 0 Å². The van der Waals surface area contributed by atoms with Crippen LogP contribution in [0.25, 0.3) is 0 Å². The highest BCUT2D eigenvalue weighted by Gasteiger charge is 2.46. The summed E-state index contributed by atoms with van der Waals surface area (Å²) in [6.07, 6.45) is 3.90. The molecule has 2 fully saturated rings. The van der Waals surface area contributed by atoms with Crippen molar-refractivity contribution in [3.8, 4) is 0 Å². The molecule has 80 valence electrons. The van der Waals surface area contributed by atoms with E-state index in [4.69, 9.17) is 0 Å². The van der Waals surface area contributed by atoms with Gasteiger partial charge in [0.2, 0.25) is 0 Å². The number of Topliss-reactive ketones (excluding diaryl/α,β-unsaturated/α-hetero) is 1. The molecule has 1 saturated carbocycles. The number of carbonyl (C=O) groups is 1. The molecule has 1 aliphatic carbocycles. The lowest BCUT2D eigenvalue weighted by Crippen LogP contribution is -2.45. The van der Waals surface area contributed by atoms with E-state index < -0.39 is 0 Å².